The van der Waals surface area contributed by atoms with Crippen molar-refractivity contribution in [3.8, 4) is 5.75 Å². The summed E-state index contributed by atoms with van der Waals surface area (Å²) in [7, 11) is 0. The molecule has 0 saturated carbocycles. The van der Waals surface area contributed by atoms with E-state index >= 15 is 0 Å². The lowest BCUT2D eigenvalue weighted by Gasteiger charge is -2.17. The summed E-state index contributed by atoms with van der Waals surface area (Å²) < 4.78 is 7.92. The van der Waals surface area contributed by atoms with Crippen LogP contribution in [0.4, 0.5) is 5.69 Å². The largest absolute Gasteiger partial charge is 0.488 e. The zero-order valence-corrected chi connectivity index (χ0v) is 21.2. The molecule has 3 aromatic carbocycles. The van der Waals surface area contributed by atoms with E-state index in [0.717, 1.165) is 40.1 Å². The van der Waals surface area contributed by atoms with Gasteiger partial charge in [0, 0.05) is 27.9 Å². The molecule has 32 heavy (non-hydrogen) atoms. The molecule has 3 aromatic rings. The van der Waals surface area contributed by atoms with Crippen LogP contribution >= 0.6 is 38.5 Å². The van der Waals surface area contributed by atoms with Crippen molar-refractivity contribution in [1.29, 1.82) is 0 Å². The SMILES string of the molecule is O=C(N/N=C\c1ccc(OCc2ccc(I)cc2)c(Br)c1)c1ccc(N2CCCC2)cc1. The summed E-state index contributed by atoms with van der Waals surface area (Å²) in [6, 6.07) is 21.6. The molecular weight excluding hydrogens is 581 g/mol. The minimum Gasteiger partial charge on any atom is -0.488 e. The van der Waals surface area contributed by atoms with E-state index in [1.165, 1.54) is 16.4 Å². The third kappa shape index (κ3) is 6.10. The van der Waals surface area contributed by atoms with Gasteiger partial charge in [-0.3, -0.25) is 4.79 Å². The monoisotopic (exact) mass is 603 g/mol. The van der Waals surface area contributed by atoms with Gasteiger partial charge in [-0.05, 0) is 117 Å². The molecule has 0 bridgehead atoms. The molecule has 1 saturated heterocycles. The number of halogens is 2. The fraction of sp³-hybridized carbons (Fsp3) is 0.200. The quantitative estimate of drug-likeness (QED) is 0.205. The molecule has 164 valence electrons. The fourth-order valence-electron chi connectivity index (χ4n) is 3.49. The van der Waals surface area contributed by atoms with Crippen molar-refractivity contribution in [3.05, 3.63) is 91.5 Å². The first-order valence-corrected chi connectivity index (χ1v) is 12.3. The van der Waals surface area contributed by atoms with Gasteiger partial charge < -0.3 is 9.64 Å². The zero-order chi connectivity index (χ0) is 22.3. The van der Waals surface area contributed by atoms with Crippen molar-refractivity contribution in [2.24, 2.45) is 5.10 Å². The Balaban J connectivity index is 1.30. The summed E-state index contributed by atoms with van der Waals surface area (Å²) in [6.07, 6.45) is 4.07. The van der Waals surface area contributed by atoms with Gasteiger partial charge >= 0.3 is 0 Å². The molecule has 1 amide bonds. The molecule has 0 unspecified atom stereocenters. The maximum absolute atomic E-state index is 12.4. The molecule has 0 atom stereocenters. The smallest absolute Gasteiger partial charge is 0.271 e. The molecule has 0 aliphatic carbocycles. The minimum absolute atomic E-state index is 0.231. The van der Waals surface area contributed by atoms with Crippen molar-refractivity contribution in [2.45, 2.75) is 19.4 Å². The van der Waals surface area contributed by atoms with Gasteiger partial charge in [0.05, 0.1) is 10.7 Å². The normalized spacial score (nSPS) is 13.5. The first-order valence-electron chi connectivity index (χ1n) is 10.4. The molecule has 0 spiro atoms. The number of benzene rings is 3. The Morgan fingerprint density at radius 1 is 1.06 bits per heavy atom. The summed E-state index contributed by atoms with van der Waals surface area (Å²) in [5.74, 6) is 0.522. The second-order valence-corrected chi connectivity index (χ2v) is 9.65. The molecule has 1 N–H and O–H groups in total. The average Bonchev–Trinajstić information content (AvgIpc) is 3.35. The van der Waals surface area contributed by atoms with Crippen LogP contribution in [0.25, 0.3) is 0 Å². The van der Waals surface area contributed by atoms with E-state index in [2.05, 4.69) is 78.2 Å². The lowest BCUT2D eigenvalue weighted by molar-refractivity contribution is 0.0955. The number of nitrogens with one attached hydrogen (secondary N) is 1. The van der Waals surface area contributed by atoms with Crippen LogP contribution in [-0.4, -0.2) is 25.2 Å². The lowest BCUT2D eigenvalue weighted by Crippen LogP contribution is -2.19. The van der Waals surface area contributed by atoms with Crippen LogP contribution in [0.15, 0.2) is 76.3 Å². The second kappa shape index (κ2) is 11.0. The first kappa shape index (κ1) is 22.8. The van der Waals surface area contributed by atoms with Gasteiger partial charge in [-0.2, -0.15) is 5.10 Å². The highest BCUT2D eigenvalue weighted by atomic mass is 127. The summed E-state index contributed by atoms with van der Waals surface area (Å²) in [6.45, 7) is 2.66. The van der Waals surface area contributed by atoms with Gasteiger partial charge in [0.25, 0.3) is 5.91 Å². The number of hydrazone groups is 1. The molecule has 1 aliphatic heterocycles. The molecule has 1 aliphatic rings. The predicted molar refractivity (Wildman–Crippen MR) is 141 cm³/mol. The van der Waals surface area contributed by atoms with Gasteiger partial charge in [0.15, 0.2) is 0 Å². The van der Waals surface area contributed by atoms with E-state index in [1.54, 1.807) is 6.21 Å². The number of ether oxygens (including phenoxy) is 1. The predicted octanol–water partition coefficient (Wildman–Crippen LogP) is 6.00. The van der Waals surface area contributed by atoms with Gasteiger partial charge in [0.2, 0.25) is 0 Å². The summed E-state index contributed by atoms with van der Waals surface area (Å²) >= 11 is 5.83. The summed E-state index contributed by atoms with van der Waals surface area (Å²) in [5.41, 5.74) is 6.30. The van der Waals surface area contributed by atoms with Crippen LogP contribution in [0.1, 0.15) is 34.3 Å². The van der Waals surface area contributed by atoms with Gasteiger partial charge in [-0.1, -0.05) is 12.1 Å². The lowest BCUT2D eigenvalue weighted by atomic mass is 10.2. The molecule has 4 rings (SSSR count). The number of hydrogen-bond acceptors (Lipinski definition) is 4. The number of carbonyl (C=O) groups is 1. The molecule has 1 fully saturated rings. The van der Waals surface area contributed by atoms with Gasteiger partial charge in [-0.15, -0.1) is 0 Å². The maximum Gasteiger partial charge on any atom is 0.271 e. The van der Waals surface area contributed by atoms with Crippen LogP contribution in [0, 0.1) is 3.57 Å². The fourth-order valence-corrected chi connectivity index (χ4v) is 4.36. The van der Waals surface area contributed by atoms with E-state index in [9.17, 15) is 4.79 Å². The Morgan fingerprint density at radius 3 is 2.47 bits per heavy atom. The van der Waals surface area contributed by atoms with Crippen LogP contribution in [0.2, 0.25) is 0 Å². The van der Waals surface area contributed by atoms with Crippen molar-refractivity contribution >= 4 is 56.3 Å². The van der Waals surface area contributed by atoms with Crippen LogP contribution < -0.4 is 15.1 Å². The standard InChI is InChI=1S/C25H23BrIN3O2/c26-23-15-19(5-12-24(23)32-17-18-3-8-21(27)9-4-18)16-28-29-25(31)20-6-10-22(11-7-20)30-13-1-2-14-30/h3-12,15-16H,1-2,13-14,17H2,(H,29,31)/b28-16-. The van der Waals surface area contributed by atoms with E-state index < -0.39 is 0 Å². The Hall–Kier alpha value is -2.39. The topological polar surface area (TPSA) is 53.9 Å². The van der Waals surface area contributed by atoms with E-state index in [0.29, 0.717) is 12.2 Å². The molecule has 1 heterocycles. The Bertz CT molecular complexity index is 1100. The molecule has 5 nitrogen and oxygen atoms in total. The van der Waals surface area contributed by atoms with E-state index in [4.69, 9.17) is 4.74 Å². The van der Waals surface area contributed by atoms with Crippen molar-refractivity contribution in [2.75, 3.05) is 18.0 Å². The first-order chi connectivity index (χ1) is 15.6. The molecule has 7 heteroatoms. The summed E-state index contributed by atoms with van der Waals surface area (Å²) in [5, 5.41) is 4.09. The number of hydrogen-bond donors (Lipinski definition) is 1. The van der Waals surface area contributed by atoms with Crippen LogP contribution in [-0.2, 0) is 6.61 Å². The third-order valence-electron chi connectivity index (χ3n) is 5.24. The van der Waals surface area contributed by atoms with Crippen LogP contribution in [0.5, 0.6) is 5.75 Å². The van der Waals surface area contributed by atoms with Gasteiger partial charge in [-0.25, -0.2) is 5.43 Å². The molecule has 0 aromatic heterocycles. The van der Waals surface area contributed by atoms with E-state index in [1.807, 2.05) is 42.5 Å². The highest BCUT2D eigenvalue weighted by Crippen LogP contribution is 2.26. The Kier molecular flexibility index (Phi) is 7.81. The van der Waals surface area contributed by atoms with Gasteiger partial charge in [0.1, 0.15) is 12.4 Å². The zero-order valence-electron chi connectivity index (χ0n) is 17.4. The number of rotatable bonds is 7. The van der Waals surface area contributed by atoms with Crippen molar-refractivity contribution in [3.63, 3.8) is 0 Å². The third-order valence-corrected chi connectivity index (χ3v) is 6.58. The number of nitrogens with zero attached hydrogens (tertiary/aromatic N) is 2. The van der Waals surface area contributed by atoms with Crippen LogP contribution in [0.3, 0.4) is 0 Å². The highest BCUT2D eigenvalue weighted by molar-refractivity contribution is 14.1. The minimum atomic E-state index is -0.231. The average molecular weight is 604 g/mol. The molecular formula is C25H23BrIN3O2. The maximum atomic E-state index is 12.4. The van der Waals surface area contributed by atoms with E-state index in [-0.39, 0.29) is 5.91 Å². The van der Waals surface area contributed by atoms with Crippen molar-refractivity contribution < 1.29 is 9.53 Å². The Labute approximate surface area is 210 Å². The highest BCUT2D eigenvalue weighted by Gasteiger charge is 2.13. The Morgan fingerprint density at radius 2 is 1.78 bits per heavy atom. The summed E-state index contributed by atoms with van der Waals surface area (Å²) in [4.78, 5) is 14.7. The number of anilines is 1. The molecule has 0 radical (unpaired) electrons. The number of amides is 1. The second-order valence-electron chi connectivity index (χ2n) is 7.55. The number of carbonyl (C=O) groups excluding carboxylic acids is 1. The van der Waals surface area contributed by atoms with Crippen molar-refractivity contribution in [1.82, 2.24) is 5.43 Å².